The van der Waals surface area contributed by atoms with Crippen molar-refractivity contribution >= 4 is 5.91 Å². The number of morpholine rings is 1. The van der Waals surface area contributed by atoms with E-state index in [0.29, 0.717) is 44.1 Å². The van der Waals surface area contributed by atoms with E-state index < -0.39 is 0 Å². The molecule has 7 nitrogen and oxygen atoms in total. The minimum Gasteiger partial charge on any atom is -0.497 e. The number of hydrogen-bond acceptors (Lipinski definition) is 6. The molecule has 0 bridgehead atoms. The number of carbonyl (C=O) groups excluding carboxylic acids is 1. The van der Waals surface area contributed by atoms with E-state index in [4.69, 9.17) is 14.0 Å². The number of carbonyl (C=O) groups is 1. The second-order valence-electron chi connectivity index (χ2n) is 6.65. The third kappa shape index (κ3) is 4.60. The zero-order valence-corrected chi connectivity index (χ0v) is 15.5. The van der Waals surface area contributed by atoms with Crippen LogP contribution in [0.3, 0.4) is 0 Å². The molecule has 7 heteroatoms. The van der Waals surface area contributed by atoms with Gasteiger partial charge in [0.15, 0.2) is 0 Å². The van der Waals surface area contributed by atoms with Crippen LogP contribution < -0.4 is 4.74 Å². The van der Waals surface area contributed by atoms with E-state index in [0.717, 1.165) is 11.3 Å². The summed E-state index contributed by atoms with van der Waals surface area (Å²) in [6.45, 7) is 5.31. The van der Waals surface area contributed by atoms with E-state index in [-0.39, 0.29) is 18.1 Å². The normalized spacial score (nSPS) is 20.2. The molecular formula is C19H25N3O4. The molecule has 140 valence electrons. The van der Waals surface area contributed by atoms with Crippen LogP contribution in [0.5, 0.6) is 5.75 Å². The highest BCUT2D eigenvalue weighted by atomic mass is 16.5. The molecule has 1 aromatic heterocycles. The van der Waals surface area contributed by atoms with Crippen LogP contribution in [-0.4, -0.2) is 53.4 Å². The molecule has 3 rings (SSSR count). The Hall–Kier alpha value is -2.41. The molecule has 26 heavy (non-hydrogen) atoms. The van der Waals surface area contributed by atoms with Gasteiger partial charge in [0, 0.05) is 31.5 Å². The molecule has 2 unspecified atom stereocenters. The Kier molecular flexibility index (Phi) is 5.88. The molecule has 0 saturated carbocycles. The summed E-state index contributed by atoms with van der Waals surface area (Å²) in [7, 11) is 1.63. The predicted octanol–water partition coefficient (Wildman–Crippen LogP) is 2.70. The highest BCUT2D eigenvalue weighted by Gasteiger charge is 2.25. The van der Waals surface area contributed by atoms with Gasteiger partial charge in [0.1, 0.15) is 5.75 Å². The Morgan fingerprint density at radius 3 is 2.58 bits per heavy atom. The fourth-order valence-electron chi connectivity index (χ4n) is 3.14. The van der Waals surface area contributed by atoms with Gasteiger partial charge in [-0.25, -0.2) is 0 Å². The highest BCUT2D eigenvalue weighted by Crippen LogP contribution is 2.20. The van der Waals surface area contributed by atoms with E-state index in [1.165, 1.54) is 0 Å². The number of aromatic nitrogens is 2. The van der Waals surface area contributed by atoms with E-state index in [2.05, 4.69) is 10.1 Å². The standard InChI is InChI=1S/C19H25N3O4/c1-13-11-22(12-14(2)25-13)18(23)6-4-5-17-20-19(21-26-17)15-7-9-16(24-3)10-8-15/h7-10,13-14H,4-6,11-12H2,1-3H3. The van der Waals surface area contributed by atoms with Crippen LogP contribution in [0.25, 0.3) is 11.4 Å². The van der Waals surface area contributed by atoms with Gasteiger partial charge in [-0.05, 0) is 44.5 Å². The molecular weight excluding hydrogens is 334 g/mol. The SMILES string of the molecule is COc1ccc(-c2noc(CCCC(=O)N3CC(C)OC(C)C3)n2)cc1. The van der Waals surface area contributed by atoms with Crippen LogP contribution in [0, 0.1) is 0 Å². The lowest BCUT2D eigenvalue weighted by Crippen LogP contribution is -2.48. The van der Waals surface area contributed by atoms with Gasteiger partial charge in [-0.3, -0.25) is 4.79 Å². The summed E-state index contributed by atoms with van der Waals surface area (Å²) in [4.78, 5) is 18.6. The Morgan fingerprint density at radius 2 is 1.92 bits per heavy atom. The molecule has 2 aromatic rings. The zero-order valence-electron chi connectivity index (χ0n) is 15.5. The summed E-state index contributed by atoms with van der Waals surface area (Å²) >= 11 is 0. The third-order valence-electron chi connectivity index (χ3n) is 4.37. The molecule has 0 aliphatic carbocycles. The molecule has 2 heterocycles. The summed E-state index contributed by atoms with van der Waals surface area (Å²) in [5.41, 5.74) is 0.869. The average molecular weight is 359 g/mol. The molecule has 1 aliphatic heterocycles. The summed E-state index contributed by atoms with van der Waals surface area (Å²) in [6, 6.07) is 7.48. The molecule has 1 aliphatic rings. The van der Waals surface area contributed by atoms with Crippen LogP contribution >= 0.6 is 0 Å². The molecule has 1 amide bonds. The predicted molar refractivity (Wildman–Crippen MR) is 95.8 cm³/mol. The van der Waals surface area contributed by atoms with E-state index >= 15 is 0 Å². The highest BCUT2D eigenvalue weighted by molar-refractivity contribution is 5.76. The lowest BCUT2D eigenvalue weighted by Gasteiger charge is -2.35. The number of nitrogens with zero attached hydrogens (tertiary/aromatic N) is 3. The second kappa shape index (κ2) is 8.31. The smallest absolute Gasteiger partial charge is 0.226 e. The summed E-state index contributed by atoms with van der Waals surface area (Å²) in [6.07, 6.45) is 1.92. The van der Waals surface area contributed by atoms with Crippen molar-refractivity contribution < 1.29 is 18.8 Å². The van der Waals surface area contributed by atoms with Crippen LogP contribution in [0.4, 0.5) is 0 Å². The molecule has 0 N–H and O–H groups in total. The maximum absolute atomic E-state index is 12.4. The maximum Gasteiger partial charge on any atom is 0.226 e. The fraction of sp³-hybridized carbons (Fsp3) is 0.526. The molecule has 1 aromatic carbocycles. The minimum atomic E-state index is 0.0886. The van der Waals surface area contributed by atoms with Gasteiger partial charge in [-0.1, -0.05) is 5.16 Å². The molecule has 0 radical (unpaired) electrons. The van der Waals surface area contributed by atoms with Gasteiger partial charge in [-0.15, -0.1) is 0 Å². The Labute approximate surface area is 153 Å². The average Bonchev–Trinajstić information content (AvgIpc) is 3.10. The first kappa shape index (κ1) is 18.4. The number of amides is 1. The topological polar surface area (TPSA) is 77.7 Å². The van der Waals surface area contributed by atoms with Crippen molar-refractivity contribution in [1.82, 2.24) is 15.0 Å². The van der Waals surface area contributed by atoms with Crippen molar-refractivity contribution in [2.45, 2.75) is 45.3 Å². The van der Waals surface area contributed by atoms with Gasteiger partial charge >= 0.3 is 0 Å². The fourth-order valence-corrected chi connectivity index (χ4v) is 3.14. The molecule has 1 saturated heterocycles. The van der Waals surface area contributed by atoms with Gasteiger partial charge in [0.05, 0.1) is 19.3 Å². The molecule has 2 atom stereocenters. The second-order valence-corrected chi connectivity index (χ2v) is 6.65. The molecule has 1 fully saturated rings. The summed E-state index contributed by atoms with van der Waals surface area (Å²) in [5, 5.41) is 4.01. The lowest BCUT2D eigenvalue weighted by atomic mass is 10.1. The largest absolute Gasteiger partial charge is 0.497 e. The monoisotopic (exact) mass is 359 g/mol. The van der Waals surface area contributed by atoms with Crippen molar-refractivity contribution in [2.24, 2.45) is 0 Å². The third-order valence-corrected chi connectivity index (χ3v) is 4.37. The van der Waals surface area contributed by atoms with Gasteiger partial charge in [-0.2, -0.15) is 4.98 Å². The van der Waals surface area contributed by atoms with Crippen molar-refractivity contribution in [2.75, 3.05) is 20.2 Å². The lowest BCUT2D eigenvalue weighted by molar-refractivity contribution is -0.143. The number of hydrogen-bond donors (Lipinski definition) is 0. The minimum absolute atomic E-state index is 0.0886. The van der Waals surface area contributed by atoms with E-state index in [1.807, 2.05) is 43.0 Å². The number of methoxy groups -OCH3 is 1. The van der Waals surface area contributed by atoms with Crippen molar-refractivity contribution in [1.29, 1.82) is 0 Å². The number of benzene rings is 1. The van der Waals surface area contributed by atoms with Crippen molar-refractivity contribution in [3.05, 3.63) is 30.2 Å². The Bertz CT molecular complexity index is 719. The Morgan fingerprint density at radius 1 is 1.23 bits per heavy atom. The van der Waals surface area contributed by atoms with Gasteiger partial charge in [0.25, 0.3) is 0 Å². The first-order valence-electron chi connectivity index (χ1n) is 8.95. The maximum atomic E-state index is 12.4. The van der Waals surface area contributed by atoms with Crippen molar-refractivity contribution in [3.63, 3.8) is 0 Å². The van der Waals surface area contributed by atoms with Crippen LogP contribution in [0.2, 0.25) is 0 Å². The summed E-state index contributed by atoms with van der Waals surface area (Å²) < 4.78 is 16.1. The first-order chi connectivity index (χ1) is 12.5. The van der Waals surface area contributed by atoms with Crippen molar-refractivity contribution in [3.8, 4) is 17.1 Å². The van der Waals surface area contributed by atoms with E-state index in [1.54, 1.807) is 7.11 Å². The van der Waals surface area contributed by atoms with Crippen LogP contribution in [-0.2, 0) is 16.0 Å². The van der Waals surface area contributed by atoms with Crippen LogP contribution in [0.1, 0.15) is 32.6 Å². The number of aryl methyl sites for hydroxylation is 1. The molecule has 0 spiro atoms. The quantitative estimate of drug-likeness (QED) is 0.789. The summed E-state index contributed by atoms with van der Waals surface area (Å²) in [5.74, 6) is 2.03. The first-order valence-corrected chi connectivity index (χ1v) is 8.95. The van der Waals surface area contributed by atoms with Gasteiger partial charge < -0.3 is 18.9 Å². The van der Waals surface area contributed by atoms with Gasteiger partial charge in [0.2, 0.25) is 17.6 Å². The number of ether oxygens (including phenoxy) is 2. The van der Waals surface area contributed by atoms with E-state index in [9.17, 15) is 4.79 Å². The Balaban J connectivity index is 1.49. The zero-order chi connectivity index (χ0) is 18.5. The van der Waals surface area contributed by atoms with Crippen LogP contribution in [0.15, 0.2) is 28.8 Å². The number of rotatable bonds is 6.